The van der Waals surface area contributed by atoms with E-state index in [2.05, 4.69) is 15.0 Å². The monoisotopic (exact) mass is 373 g/mol. The molecule has 0 radical (unpaired) electrons. The number of pyridine rings is 1. The van der Waals surface area contributed by atoms with Crippen molar-refractivity contribution in [3.05, 3.63) is 54.4 Å². The van der Waals surface area contributed by atoms with E-state index < -0.39 is 5.97 Å². The fraction of sp³-hybridized carbons (Fsp3) is 0.0476. The number of carbonyl (C=O) groups is 1. The average molecular weight is 373 g/mol. The van der Waals surface area contributed by atoms with Crippen molar-refractivity contribution in [3.63, 3.8) is 0 Å². The second-order valence-corrected chi connectivity index (χ2v) is 6.54. The maximum absolute atomic E-state index is 11.8. The van der Waals surface area contributed by atoms with Crippen molar-refractivity contribution in [3.8, 4) is 22.8 Å². The number of methoxy groups -OCH3 is 1. The molecule has 0 atom stereocenters. The van der Waals surface area contributed by atoms with Gasteiger partial charge < -0.3 is 24.9 Å². The lowest BCUT2D eigenvalue weighted by Gasteiger charge is -2.05. The Bertz CT molecular complexity index is 1400. The molecule has 0 aliphatic carbocycles. The molecule has 4 N–H and O–H groups in total. The Balaban J connectivity index is 1.90. The summed E-state index contributed by atoms with van der Waals surface area (Å²) in [6, 6.07) is 10.5. The summed E-state index contributed by atoms with van der Waals surface area (Å²) in [6.07, 6.45) is 3.18. The average Bonchev–Trinajstić information content (AvgIpc) is 3.27. The van der Waals surface area contributed by atoms with Gasteiger partial charge in [0.05, 0.1) is 23.9 Å². The molecule has 0 spiro atoms. The van der Waals surface area contributed by atoms with Crippen LogP contribution < -0.4 is 4.74 Å². The Labute approximate surface area is 158 Å². The van der Waals surface area contributed by atoms with Crippen molar-refractivity contribution in [2.24, 2.45) is 0 Å². The largest absolute Gasteiger partial charge is 0.508 e. The molecule has 7 nitrogen and oxygen atoms in total. The maximum Gasteiger partial charge on any atom is 0.337 e. The van der Waals surface area contributed by atoms with Crippen molar-refractivity contribution in [1.29, 1.82) is 0 Å². The number of hydrogen-bond acceptors (Lipinski definition) is 4. The summed E-state index contributed by atoms with van der Waals surface area (Å²) in [4.78, 5) is 22.7. The number of H-pyrrole nitrogens is 2. The first-order valence-electron chi connectivity index (χ1n) is 8.59. The van der Waals surface area contributed by atoms with Crippen LogP contribution in [0, 0.1) is 0 Å². The van der Waals surface area contributed by atoms with E-state index in [0.717, 1.165) is 27.4 Å². The van der Waals surface area contributed by atoms with Gasteiger partial charge in [0.25, 0.3) is 0 Å². The fourth-order valence-electron chi connectivity index (χ4n) is 3.69. The van der Waals surface area contributed by atoms with Crippen LogP contribution in [0.3, 0.4) is 0 Å². The topological polar surface area (TPSA) is 111 Å². The molecule has 0 aliphatic heterocycles. The Morgan fingerprint density at radius 2 is 1.96 bits per heavy atom. The second kappa shape index (κ2) is 5.75. The number of phenols is 1. The van der Waals surface area contributed by atoms with Crippen LogP contribution in [-0.4, -0.2) is 38.2 Å². The lowest BCUT2D eigenvalue weighted by Crippen LogP contribution is -1.99. The van der Waals surface area contributed by atoms with Crippen molar-refractivity contribution < 1.29 is 19.7 Å². The molecule has 0 aliphatic rings. The molecule has 0 fully saturated rings. The zero-order chi connectivity index (χ0) is 19.4. The fourth-order valence-corrected chi connectivity index (χ4v) is 3.69. The first kappa shape index (κ1) is 16.2. The summed E-state index contributed by atoms with van der Waals surface area (Å²) in [7, 11) is 1.57. The smallest absolute Gasteiger partial charge is 0.337 e. The van der Waals surface area contributed by atoms with E-state index in [1.807, 2.05) is 18.2 Å². The second-order valence-electron chi connectivity index (χ2n) is 6.54. The molecule has 138 valence electrons. The highest BCUT2D eigenvalue weighted by molar-refractivity contribution is 6.19. The predicted octanol–water partition coefficient (Wildman–Crippen LogP) is 4.28. The number of hydrogen-bond donors (Lipinski definition) is 4. The highest BCUT2D eigenvalue weighted by Gasteiger charge is 2.20. The molecular formula is C21H15N3O4. The lowest BCUT2D eigenvalue weighted by atomic mass is 10.0. The normalized spacial score (nSPS) is 11.5. The van der Waals surface area contributed by atoms with Crippen LogP contribution in [0.5, 0.6) is 11.5 Å². The zero-order valence-electron chi connectivity index (χ0n) is 14.8. The summed E-state index contributed by atoms with van der Waals surface area (Å²) >= 11 is 0. The molecule has 28 heavy (non-hydrogen) atoms. The summed E-state index contributed by atoms with van der Waals surface area (Å²) in [5.41, 5.74) is 3.77. The van der Waals surface area contributed by atoms with Gasteiger partial charge in [-0.2, -0.15) is 0 Å². The number of rotatable bonds is 3. The number of aromatic amines is 2. The Kier molecular flexibility index (Phi) is 3.33. The van der Waals surface area contributed by atoms with Crippen LogP contribution in [0.4, 0.5) is 0 Å². The number of aromatic hydroxyl groups is 1. The van der Waals surface area contributed by atoms with E-state index in [1.54, 1.807) is 31.5 Å². The minimum absolute atomic E-state index is 0.121. The molecular weight excluding hydrogens is 358 g/mol. The van der Waals surface area contributed by atoms with Crippen molar-refractivity contribution in [2.45, 2.75) is 0 Å². The number of phenolic OH excluding ortho intramolecular Hbond substituents is 1. The minimum atomic E-state index is -1.04. The van der Waals surface area contributed by atoms with Gasteiger partial charge in [-0.05, 0) is 30.3 Å². The summed E-state index contributed by atoms with van der Waals surface area (Å²) in [5.74, 6) is -0.236. The van der Waals surface area contributed by atoms with Gasteiger partial charge in [-0.3, -0.25) is 4.98 Å². The molecule has 2 aromatic carbocycles. The van der Waals surface area contributed by atoms with Gasteiger partial charge >= 0.3 is 5.97 Å². The molecule has 0 unspecified atom stereocenters. The van der Waals surface area contributed by atoms with E-state index in [4.69, 9.17) is 4.74 Å². The van der Waals surface area contributed by atoms with Gasteiger partial charge in [-0.25, -0.2) is 4.79 Å². The number of aromatic nitrogens is 3. The first-order valence-corrected chi connectivity index (χ1v) is 8.59. The van der Waals surface area contributed by atoms with Crippen LogP contribution in [0.25, 0.3) is 44.0 Å². The van der Waals surface area contributed by atoms with Gasteiger partial charge in [-0.15, -0.1) is 0 Å². The third-order valence-corrected chi connectivity index (χ3v) is 4.99. The number of fused-ring (bicyclic) bond motifs is 4. The number of nitrogens with zero attached hydrogens (tertiary/aromatic N) is 1. The van der Waals surface area contributed by atoms with Gasteiger partial charge in [0.1, 0.15) is 11.5 Å². The molecule has 0 saturated heterocycles. The number of carboxylic acid groups (broad SMARTS) is 1. The van der Waals surface area contributed by atoms with Crippen LogP contribution in [-0.2, 0) is 0 Å². The van der Waals surface area contributed by atoms with Crippen LogP contribution in [0.15, 0.2) is 48.8 Å². The molecule has 0 saturated carbocycles. The van der Waals surface area contributed by atoms with E-state index in [9.17, 15) is 15.0 Å². The van der Waals surface area contributed by atoms with Crippen molar-refractivity contribution in [2.75, 3.05) is 7.11 Å². The number of aromatic carboxylic acids is 1. The first-order chi connectivity index (χ1) is 13.6. The van der Waals surface area contributed by atoms with E-state index in [1.165, 1.54) is 6.20 Å². The molecule has 0 bridgehead atoms. The lowest BCUT2D eigenvalue weighted by molar-refractivity contribution is 0.0698. The van der Waals surface area contributed by atoms with E-state index >= 15 is 0 Å². The van der Waals surface area contributed by atoms with Crippen LogP contribution in [0.2, 0.25) is 0 Å². The molecule has 0 amide bonds. The molecule has 5 rings (SSSR count). The van der Waals surface area contributed by atoms with Gasteiger partial charge in [0.15, 0.2) is 0 Å². The Morgan fingerprint density at radius 3 is 2.75 bits per heavy atom. The number of ether oxygens (including phenoxy) is 1. The van der Waals surface area contributed by atoms with Gasteiger partial charge in [-0.1, -0.05) is 0 Å². The molecule has 3 aromatic heterocycles. The quantitative estimate of drug-likeness (QED) is 0.377. The molecule has 3 heterocycles. The van der Waals surface area contributed by atoms with Crippen LogP contribution in [0.1, 0.15) is 10.4 Å². The van der Waals surface area contributed by atoms with Crippen molar-refractivity contribution >= 4 is 38.7 Å². The summed E-state index contributed by atoms with van der Waals surface area (Å²) < 4.78 is 5.31. The molecule has 5 aromatic rings. The Morgan fingerprint density at radius 1 is 1.11 bits per heavy atom. The zero-order valence-corrected chi connectivity index (χ0v) is 14.8. The third-order valence-electron chi connectivity index (χ3n) is 4.99. The predicted molar refractivity (Wildman–Crippen MR) is 106 cm³/mol. The third kappa shape index (κ3) is 2.23. The highest BCUT2D eigenvalue weighted by Crippen LogP contribution is 2.38. The summed E-state index contributed by atoms with van der Waals surface area (Å²) in [5, 5.41) is 21.6. The Hall–Kier alpha value is -4.00. The highest BCUT2D eigenvalue weighted by atomic mass is 16.5. The van der Waals surface area contributed by atoms with Crippen LogP contribution >= 0.6 is 0 Å². The maximum atomic E-state index is 11.8. The number of nitrogens with one attached hydrogen (secondary N) is 2. The minimum Gasteiger partial charge on any atom is -0.508 e. The number of carboxylic acids is 1. The standard InChI is InChI=1S/C21H15N3O4/c1-28-11-3-5-16-13(7-11)18-15(21(26)27)9-23-19(20(18)24-16)14-8-22-17-6-10(25)2-4-12(14)17/h2-9,22,24-25H,1H3,(H,26,27). The van der Waals surface area contributed by atoms with E-state index in [-0.39, 0.29) is 11.3 Å². The van der Waals surface area contributed by atoms with E-state index in [0.29, 0.717) is 22.3 Å². The summed E-state index contributed by atoms with van der Waals surface area (Å²) in [6.45, 7) is 0. The molecule has 7 heteroatoms. The SMILES string of the molecule is COc1ccc2[nH]c3c(-c4c[nH]c5cc(O)ccc45)ncc(C(=O)O)c3c2c1. The van der Waals surface area contributed by atoms with Gasteiger partial charge in [0, 0.05) is 51.2 Å². The number of benzene rings is 2. The van der Waals surface area contributed by atoms with Crippen molar-refractivity contribution in [1.82, 2.24) is 15.0 Å². The van der Waals surface area contributed by atoms with Gasteiger partial charge in [0.2, 0.25) is 0 Å².